The summed E-state index contributed by atoms with van der Waals surface area (Å²) in [6.45, 7) is 14.7. The fourth-order valence-corrected chi connectivity index (χ4v) is 13.7. The van der Waals surface area contributed by atoms with Crippen LogP contribution < -0.4 is 15.5 Å². The predicted molar refractivity (Wildman–Crippen MR) is 300 cm³/mol. The molecule has 7 aliphatic rings. The summed E-state index contributed by atoms with van der Waals surface area (Å²) in [4.78, 5) is 84.1. The van der Waals surface area contributed by atoms with Gasteiger partial charge in [0.1, 0.15) is 30.5 Å². The lowest BCUT2D eigenvalue weighted by Gasteiger charge is -2.38. The number of hydrogen-bond acceptors (Lipinski definition) is 12. The van der Waals surface area contributed by atoms with Gasteiger partial charge in [0.2, 0.25) is 11.8 Å². The minimum atomic E-state index is -2.22. The largest absolute Gasteiger partial charge is 0.491 e. The minimum Gasteiger partial charge on any atom is -0.491 e. The number of halogens is 1. The van der Waals surface area contributed by atoms with E-state index in [1.165, 1.54) is 47.1 Å². The topological polar surface area (TPSA) is 177 Å². The van der Waals surface area contributed by atoms with Crippen molar-refractivity contribution in [3.8, 4) is 28.1 Å². The first-order chi connectivity index (χ1) is 38.3. The minimum absolute atomic E-state index is 0.0156. The zero-order chi connectivity index (χ0) is 56.4. The highest BCUT2D eigenvalue weighted by Crippen LogP contribution is 2.45. The summed E-state index contributed by atoms with van der Waals surface area (Å²) in [7, 11) is 3.30. The molecule has 80 heavy (non-hydrogen) atoms. The van der Waals surface area contributed by atoms with E-state index in [9.17, 15) is 14.4 Å². The molecule has 0 radical (unpaired) electrons. The third kappa shape index (κ3) is 11.1. The van der Waals surface area contributed by atoms with E-state index < -0.39 is 76.7 Å². The van der Waals surface area contributed by atoms with Crippen molar-refractivity contribution in [3.05, 3.63) is 71.0 Å². The molecule has 17 nitrogen and oxygen atoms in total. The van der Waals surface area contributed by atoms with Crippen molar-refractivity contribution in [1.82, 2.24) is 40.0 Å². The Labute approximate surface area is 469 Å². The van der Waals surface area contributed by atoms with Gasteiger partial charge in [-0.25, -0.2) is 9.82 Å². The number of hydrazine groups is 1. The van der Waals surface area contributed by atoms with Gasteiger partial charge in [0.25, 0.3) is 11.8 Å². The molecular formula is C62H81FN8O9. The van der Waals surface area contributed by atoms with Gasteiger partial charge in [0.05, 0.1) is 42.7 Å². The van der Waals surface area contributed by atoms with Gasteiger partial charge in [-0.3, -0.25) is 34.0 Å². The Balaban J connectivity index is 1.08. The number of aryl methyl sites for hydroxylation is 1. The molecule has 18 heteroatoms. The molecule has 4 saturated heterocycles. The SMILES string of the molecule is CCn1c(-c2cc(C3CCN(C4CC4)CC3)cnc2[C@H](C)OC)c2c3cc(ccc31)-c1cc3cc(c1)OC[C@@H]1[C@H](CCN1C(=O)C(C)(C)F)C(=O)N(C)[C@@H]([C@H]1CCOC1)C(=O)N[C@@H](C3)C(=O)N1CCC[C@H](N1)C(=O)OCC(C)(C)C2. The number of cyclic esters (lactones) is 1. The second-order valence-electron chi connectivity index (χ2n) is 25.1. The molecule has 8 heterocycles. The fraction of sp³-hybridized carbons (Fsp3) is 0.613. The number of esters is 1. The molecule has 8 bridgehead atoms. The lowest BCUT2D eigenvalue weighted by molar-refractivity contribution is -0.155. The van der Waals surface area contributed by atoms with Crippen LogP contribution >= 0.6 is 0 Å². The van der Waals surface area contributed by atoms with E-state index in [1.807, 2.05) is 25.1 Å². The standard InChI is InChI=1S/C62H81FN8O9/c1-9-69-51-15-12-39-29-46(51)48(55(69)47-30-42(32-64-53(47)36(2)77-8)38-16-21-68(22-17-38)43-13-14-43)31-61(3,4)35-80-59(75)49-11-10-20-71(66-49)58(74)50-27-37-25-41(39)28-44(26-37)79-34-52-45(18-23-70(52)60(76)62(5,6)63)57(73)67(7)54(56(72)65-50)40-19-24-78-33-40/h12,15,25-26,28-30,32,36,38,40,43,45,49-50,52,54,66H,9-11,13-14,16-24,27,31,33-35H2,1-8H3,(H,65,72)/t36-,40-,45-,49-,50-,52+,54-/m0/s1. The van der Waals surface area contributed by atoms with Crippen molar-refractivity contribution < 1.29 is 47.3 Å². The van der Waals surface area contributed by atoms with Crippen LogP contribution in [0.5, 0.6) is 5.75 Å². The second-order valence-corrected chi connectivity index (χ2v) is 25.1. The van der Waals surface area contributed by atoms with Crippen molar-refractivity contribution >= 4 is 40.5 Å². The molecule has 7 atom stereocenters. The molecule has 5 fully saturated rings. The molecule has 2 aromatic heterocycles. The third-order valence-corrected chi connectivity index (χ3v) is 18.3. The summed E-state index contributed by atoms with van der Waals surface area (Å²) in [5.41, 5.74) is 8.94. The van der Waals surface area contributed by atoms with Gasteiger partial charge in [-0.15, -0.1) is 0 Å². The van der Waals surface area contributed by atoms with Gasteiger partial charge in [0.15, 0.2) is 5.67 Å². The van der Waals surface area contributed by atoms with Crippen molar-refractivity contribution in [1.29, 1.82) is 0 Å². The quantitative estimate of drug-likeness (QED) is 0.169. The van der Waals surface area contributed by atoms with Crippen molar-refractivity contribution in [2.45, 2.75) is 160 Å². The molecular weight excluding hydrogens is 1020 g/mol. The predicted octanol–water partition coefficient (Wildman–Crippen LogP) is 7.31. The van der Waals surface area contributed by atoms with Crippen LogP contribution in [0, 0.1) is 17.3 Å². The first-order valence-electron chi connectivity index (χ1n) is 29.4. The molecule has 2 aromatic carbocycles. The van der Waals surface area contributed by atoms with Crippen LogP contribution in [-0.2, 0) is 57.6 Å². The normalized spacial score (nSPS) is 26.9. The van der Waals surface area contributed by atoms with Crippen LogP contribution in [-0.4, -0.2) is 161 Å². The number of likely N-dealkylation sites (N-methyl/N-ethyl adjacent to an activating group) is 1. The number of ether oxygens (including phenoxy) is 4. The summed E-state index contributed by atoms with van der Waals surface area (Å²) < 4.78 is 43.0. The zero-order valence-corrected chi connectivity index (χ0v) is 48.0. The molecule has 0 unspecified atom stereocenters. The van der Waals surface area contributed by atoms with Crippen molar-refractivity contribution in [2.75, 3.05) is 66.8 Å². The number of alkyl halides is 1. The van der Waals surface area contributed by atoms with Gasteiger partial charge in [-0.05, 0) is 163 Å². The van der Waals surface area contributed by atoms with Crippen LogP contribution in [0.4, 0.5) is 4.39 Å². The number of likely N-dealkylation sites (tertiary alicyclic amines) is 2. The van der Waals surface area contributed by atoms with Crippen LogP contribution in [0.3, 0.4) is 0 Å². The Bertz CT molecular complexity index is 3030. The number of benzene rings is 2. The third-order valence-electron chi connectivity index (χ3n) is 18.3. The Morgan fingerprint density at radius 1 is 0.912 bits per heavy atom. The number of carbonyl (C=O) groups excluding carboxylic acids is 5. The lowest BCUT2D eigenvalue weighted by Crippen LogP contribution is -2.62. The molecule has 0 spiro atoms. The van der Waals surface area contributed by atoms with E-state index in [0.717, 1.165) is 76.5 Å². The maximum atomic E-state index is 15.7. The number of methoxy groups -OCH3 is 1. The van der Waals surface area contributed by atoms with Gasteiger partial charge in [-0.2, -0.15) is 0 Å². The van der Waals surface area contributed by atoms with E-state index >= 15 is 14.0 Å². The summed E-state index contributed by atoms with van der Waals surface area (Å²) in [5, 5.41) is 5.56. The molecule has 430 valence electrons. The molecule has 1 saturated carbocycles. The number of hydrogen-bond donors (Lipinski definition) is 2. The number of fused-ring (bicyclic) bond motifs is 8. The van der Waals surface area contributed by atoms with E-state index in [0.29, 0.717) is 56.1 Å². The number of piperidine rings is 1. The number of amides is 4. The first-order valence-corrected chi connectivity index (χ1v) is 29.4. The summed E-state index contributed by atoms with van der Waals surface area (Å²) in [6.07, 6.45) is 8.69. The maximum Gasteiger partial charge on any atom is 0.324 e. The zero-order valence-electron chi connectivity index (χ0n) is 48.0. The second kappa shape index (κ2) is 22.4. The summed E-state index contributed by atoms with van der Waals surface area (Å²) >= 11 is 0. The first kappa shape index (κ1) is 55.9. The highest BCUT2D eigenvalue weighted by Gasteiger charge is 2.49. The number of rotatable bonds is 8. The molecule has 4 aromatic rings. The number of carbonyl (C=O) groups is 5. The van der Waals surface area contributed by atoms with Crippen LogP contribution in [0.2, 0.25) is 0 Å². The van der Waals surface area contributed by atoms with E-state index in [4.69, 9.17) is 23.9 Å². The molecule has 4 amide bonds. The van der Waals surface area contributed by atoms with Crippen LogP contribution in [0.1, 0.15) is 127 Å². The molecule has 2 N–H and O–H groups in total. The summed E-state index contributed by atoms with van der Waals surface area (Å²) in [6, 6.07) is 11.5. The highest BCUT2D eigenvalue weighted by atomic mass is 19.1. The number of pyridine rings is 1. The van der Waals surface area contributed by atoms with Gasteiger partial charge in [-0.1, -0.05) is 26.0 Å². The maximum absolute atomic E-state index is 15.7. The average Bonchev–Trinajstić information content (AvgIpc) is 3.97. The molecule has 6 aliphatic heterocycles. The van der Waals surface area contributed by atoms with E-state index in [2.05, 4.69) is 71.4 Å². The van der Waals surface area contributed by atoms with Crippen LogP contribution in [0.15, 0.2) is 48.7 Å². The number of aromatic nitrogens is 2. The summed E-state index contributed by atoms with van der Waals surface area (Å²) in [5.74, 6) is -3.03. The van der Waals surface area contributed by atoms with Crippen molar-refractivity contribution in [2.24, 2.45) is 17.3 Å². The smallest absolute Gasteiger partial charge is 0.324 e. The van der Waals surface area contributed by atoms with E-state index in [-0.39, 0.29) is 51.9 Å². The van der Waals surface area contributed by atoms with Gasteiger partial charge < -0.3 is 43.5 Å². The Morgan fingerprint density at radius 3 is 2.41 bits per heavy atom. The lowest BCUT2D eigenvalue weighted by atomic mass is 9.83. The Morgan fingerprint density at radius 2 is 1.70 bits per heavy atom. The fourth-order valence-electron chi connectivity index (χ4n) is 13.7. The van der Waals surface area contributed by atoms with E-state index in [1.54, 1.807) is 14.2 Å². The molecule has 11 rings (SSSR count). The van der Waals surface area contributed by atoms with Crippen molar-refractivity contribution in [3.63, 3.8) is 0 Å². The number of nitrogens with zero attached hydrogens (tertiary/aromatic N) is 6. The Kier molecular flexibility index (Phi) is 15.7. The monoisotopic (exact) mass is 1100 g/mol. The highest BCUT2D eigenvalue weighted by molar-refractivity contribution is 5.96. The number of nitrogens with one attached hydrogen (secondary N) is 2. The molecule has 1 aliphatic carbocycles. The Hall–Kier alpha value is -5.95. The van der Waals surface area contributed by atoms with Gasteiger partial charge >= 0.3 is 5.97 Å². The average molecular weight is 1100 g/mol. The van der Waals surface area contributed by atoms with Gasteiger partial charge in [0, 0.05) is 86.9 Å². The van der Waals surface area contributed by atoms with Crippen LogP contribution in [0.25, 0.3) is 33.3 Å².